The standard InChI is InChI=1S/C6H8FN3.ClH/c7-6-5(8)3-9-10(6)4-1-2-4;/h3-4H,1-2,8H2;1H. The molecule has 0 bridgehead atoms. The Hall–Kier alpha value is -0.770. The second-order valence-electron chi connectivity index (χ2n) is 2.57. The van der Waals surface area contributed by atoms with Gasteiger partial charge in [-0.1, -0.05) is 0 Å². The first kappa shape index (κ1) is 8.33. The van der Waals surface area contributed by atoms with Crippen LogP contribution in [0.1, 0.15) is 18.9 Å². The van der Waals surface area contributed by atoms with Crippen LogP contribution in [0.15, 0.2) is 6.20 Å². The number of nitrogens with zero attached hydrogens (tertiary/aromatic N) is 2. The Labute approximate surface area is 69.8 Å². The average molecular weight is 178 g/mol. The van der Waals surface area contributed by atoms with Crippen molar-refractivity contribution < 1.29 is 4.39 Å². The van der Waals surface area contributed by atoms with E-state index in [9.17, 15) is 4.39 Å². The summed E-state index contributed by atoms with van der Waals surface area (Å²) in [6.07, 6.45) is 3.41. The lowest BCUT2D eigenvalue weighted by Gasteiger charge is -1.95. The molecule has 0 aromatic carbocycles. The highest BCUT2D eigenvalue weighted by atomic mass is 35.5. The number of nitrogens with two attached hydrogens (primary N) is 1. The molecule has 0 atom stereocenters. The molecule has 11 heavy (non-hydrogen) atoms. The van der Waals surface area contributed by atoms with Gasteiger partial charge in [0.2, 0.25) is 5.95 Å². The molecule has 1 saturated carbocycles. The van der Waals surface area contributed by atoms with Crippen LogP contribution in [0.5, 0.6) is 0 Å². The largest absolute Gasteiger partial charge is 0.394 e. The monoisotopic (exact) mass is 177 g/mol. The quantitative estimate of drug-likeness (QED) is 0.704. The van der Waals surface area contributed by atoms with Crippen LogP contribution in [0, 0.1) is 5.95 Å². The fourth-order valence-corrected chi connectivity index (χ4v) is 0.934. The van der Waals surface area contributed by atoms with Crippen molar-refractivity contribution in [2.45, 2.75) is 18.9 Å². The summed E-state index contributed by atoms with van der Waals surface area (Å²) in [6, 6.07) is 0.275. The van der Waals surface area contributed by atoms with Gasteiger partial charge >= 0.3 is 0 Å². The molecule has 5 heteroatoms. The van der Waals surface area contributed by atoms with Crippen molar-refractivity contribution in [2.24, 2.45) is 0 Å². The topological polar surface area (TPSA) is 43.8 Å². The van der Waals surface area contributed by atoms with E-state index in [2.05, 4.69) is 5.10 Å². The summed E-state index contributed by atoms with van der Waals surface area (Å²) in [4.78, 5) is 0. The second kappa shape index (κ2) is 2.70. The molecular weight excluding hydrogens is 169 g/mol. The van der Waals surface area contributed by atoms with Crippen molar-refractivity contribution in [2.75, 3.05) is 5.73 Å². The number of hydrogen-bond donors (Lipinski definition) is 1. The van der Waals surface area contributed by atoms with Gasteiger partial charge in [0, 0.05) is 0 Å². The van der Waals surface area contributed by atoms with Gasteiger partial charge in [0.1, 0.15) is 5.69 Å². The van der Waals surface area contributed by atoms with Gasteiger partial charge in [-0.2, -0.15) is 9.49 Å². The summed E-state index contributed by atoms with van der Waals surface area (Å²) in [5.74, 6) is -0.387. The summed E-state index contributed by atoms with van der Waals surface area (Å²) in [7, 11) is 0. The fourth-order valence-electron chi connectivity index (χ4n) is 0.934. The highest BCUT2D eigenvalue weighted by molar-refractivity contribution is 5.85. The van der Waals surface area contributed by atoms with Crippen molar-refractivity contribution in [3.05, 3.63) is 12.1 Å². The molecule has 0 spiro atoms. The summed E-state index contributed by atoms with van der Waals surface area (Å²) in [6.45, 7) is 0. The molecule has 1 aromatic rings. The third kappa shape index (κ3) is 1.30. The molecule has 0 amide bonds. The summed E-state index contributed by atoms with van der Waals surface area (Å²) >= 11 is 0. The maximum absolute atomic E-state index is 12.8. The molecule has 3 nitrogen and oxygen atoms in total. The summed E-state index contributed by atoms with van der Waals surface area (Å²) in [5.41, 5.74) is 5.39. The van der Waals surface area contributed by atoms with Crippen LogP contribution in [0.2, 0.25) is 0 Å². The van der Waals surface area contributed by atoms with Gasteiger partial charge in [-0.25, -0.2) is 4.68 Å². The van der Waals surface area contributed by atoms with E-state index in [-0.39, 0.29) is 30.1 Å². The Kier molecular flexibility index (Phi) is 2.04. The molecule has 0 radical (unpaired) electrons. The van der Waals surface area contributed by atoms with Crippen LogP contribution in [0.4, 0.5) is 10.1 Å². The third-order valence-corrected chi connectivity index (χ3v) is 1.65. The first-order chi connectivity index (χ1) is 4.79. The van der Waals surface area contributed by atoms with E-state index in [4.69, 9.17) is 5.73 Å². The van der Waals surface area contributed by atoms with E-state index < -0.39 is 0 Å². The van der Waals surface area contributed by atoms with Crippen LogP contribution < -0.4 is 5.73 Å². The minimum atomic E-state index is -0.387. The van der Waals surface area contributed by atoms with Crippen LogP contribution >= 0.6 is 12.4 Å². The van der Waals surface area contributed by atoms with Gasteiger partial charge in [-0.15, -0.1) is 12.4 Å². The Morgan fingerprint density at radius 1 is 1.64 bits per heavy atom. The van der Waals surface area contributed by atoms with Gasteiger partial charge in [-0.3, -0.25) is 0 Å². The van der Waals surface area contributed by atoms with Crippen molar-refractivity contribution in [3.8, 4) is 0 Å². The molecule has 1 aliphatic carbocycles. The Balaban J connectivity index is 0.000000605. The molecule has 62 valence electrons. The van der Waals surface area contributed by atoms with Crippen LogP contribution in [0.25, 0.3) is 0 Å². The van der Waals surface area contributed by atoms with Crippen molar-refractivity contribution in [3.63, 3.8) is 0 Å². The van der Waals surface area contributed by atoms with Gasteiger partial charge in [-0.05, 0) is 12.8 Å². The lowest BCUT2D eigenvalue weighted by molar-refractivity contribution is 0.465. The molecule has 0 saturated heterocycles. The number of halogens is 2. The normalized spacial score (nSPS) is 16.1. The van der Waals surface area contributed by atoms with E-state index in [1.165, 1.54) is 10.9 Å². The minimum absolute atomic E-state index is 0. The van der Waals surface area contributed by atoms with Crippen molar-refractivity contribution >= 4 is 18.1 Å². The highest BCUT2D eigenvalue weighted by Gasteiger charge is 2.27. The molecular formula is C6H9ClFN3. The lowest BCUT2D eigenvalue weighted by Crippen LogP contribution is -2.00. The predicted octanol–water partition coefficient (Wildman–Crippen LogP) is 1.36. The molecule has 1 fully saturated rings. The molecule has 0 aliphatic heterocycles. The Bertz CT molecular complexity index is 256. The van der Waals surface area contributed by atoms with Gasteiger partial charge in [0.05, 0.1) is 12.2 Å². The molecule has 1 heterocycles. The van der Waals surface area contributed by atoms with Crippen molar-refractivity contribution in [1.82, 2.24) is 9.78 Å². The van der Waals surface area contributed by atoms with E-state index in [1.54, 1.807) is 0 Å². The molecule has 2 N–H and O–H groups in total. The smallest absolute Gasteiger partial charge is 0.234 e. The molecule has 1 aliphatic rings. The number of rotatable bonds is 1. The zero-order valence-corrected chi connectivity index (χ0v) is 6.64. The van der Waals surface area contributed by atoms with Crippen LogP contribution in [-0.2, 0) is 0 Å². The Morgan fingerprint density at radius 2 is 2.27 bits per heavy atom. The summed E-state index contributed by atoms with van der Waals surface area (Å²) in [5, 5.41) is 3.79. The van der Waals surface area contributed by atoms with E-state index in [0.717, 1.165) is 12.8 Å². The zero-order valence-electron chi connectivity index (χ0n) is 5.83. The first-order valence-corrected chi connectivity index (χ1v) is 3.27. The van der Waals surface area contributed by atoms with Gasteiger partial charge < -0.3 is 5.73 Å². The molecule has 1 aromatic heterocycles. The van der Waals surface area contributed by atoms with Crippen LogP contribution in [-0.4, -0.2) is 9.78 Å². The van der Waals surface area contributed by atoms with E-state index in [0.29, 0.717) is 0 Å². The summed E-state index contributed by atoms with van der Waals surface area (Å²) < 4.78 is 14.2. The van der Waals surface area contributed by atoms with E-state index >= 15 is 0 Å². The third-order valence-electron chi connectivity index (χ3n) is 1.65. The number of nitrogen functional groups attached to an aromatic ring is 1. The number of anilines is 1. The van der Waals surface area contributed by atoms with Crippen molar-refractivity contribution in [1.29, 1.82) is 0 Å². The van der Waals surface area contributed by atoms with Crippen LogP contribution in [0.3, 0.4) is 0 Å². The van der Waals surface area contributed by atoms with E-state index in [1.807, 2.05) is 0 Å². The lowest BCUT2D eigenvalue weighted by atomic mass is 10.6. The van der Waals surface area contributed by atoms with Gasteiger partial charge in [0.15, 0.2) is 0 Å². The predicted molar refractivity (Wildman–Crippen MR) is 42.1 cm³/mol. The maximum Gasteiger partial charge on any atom is 0.234 e. The highest BCUT2D eigenvalue weighted by Crippen LogP contribution is 2.35. The first-order valence-electron chi connectivity index (χ1n) is 3.27. The van der Waals surface area contributed by atoms with Gasteiger partial charge in [0.25, 0.3) is 0 Å². The number of aromatic nitrogens is 2. The average Bonchev–Trinajstić information content (AvgIpc) is 2.67. The molecule has 0 unspecified atom stereocenters. The minimum Gasteiger partial charge on any atom is -0.394 e. The Morgan fingerprint density at radius 3 is 2.64 bits per heavy atom. The zero-order chi connectivity index (χ0) is 7.14. The number of hydrogen-bond acceptors (Lipinski definition) is 2. The fraction of sp³-hybridized carbons (Fsp3) is 0.500. The SMILES string of the molecule is Cl.Nc1cnn(C2CC2)c1F. The maximum atomic E-state index is 12.8. The molecule has 2 rings (SSSR count). The second-order valence-corrected chi connectivity index (χ2v) is 2.57.